The predicted octanol–water partition coefficient (Wildman–Crippen LogP) is 4.77. The van der Waals surface area contributed by atoms with E-state index >= 15 is 0 Å². The summed E-state index contributed by atoms with van der Waals surface area (Å²) in [6, 6.07) is 3.93. The van der Waals surface area contributed by atoms with Gasteiger partial charge in [0.05, 0.1) is 5.56 Å². The van der Waals surface area contributed by atoms with Gasteiger partial charge in [0.1, 0.15) is 17.5 Å². The van der Waals surface area contributed by atoms with Crippen LogP contribution in [0.15, 0.2) is 33.9 Å². The first kappa shape index (κ1) is 32.4. The normalized spacial score (nSPS) is 15.9. The van der Waals surface area contributed by atoms with Crippen LogP contribution in [0.4, 0.5) is 13.2 Å². The highest BCUT2D eigenvalue weighted by molar-refractivity contribution is 7.99. The molecule has 1 aliphatic carbocycles. The summed E-state index contributed by atoms with van der Waals surface area (Å²) in [5, 5.41) is 10.9. The lowest BCUT2D eigenvalue weighted by molar-refractivity contribution is -0.274. The lowest BCUT2D eigenvalue weighted by Gasteiger charge is -2.48. The van der Waals surface area contributed by atoms with E-state index in [-0.39, 0.29) is 29.0 Å². The monoisotopic (exact) mass is 599 g/mol. The Labute approximate surface area is 241 Å². The topological polar surface area (TPSA) is 118 Å². The smallest absolute Gasteiger partial charge is 0.408 e. The number of nitrogens with one attached hydrogen (secondary N) is 1. The molecule has 1 atom stereocenters. The minimum Gasteiger partial charge on any atom is -0.408 e. The van der Waals surface area contributed by atoms with Crippen molar-refractivity contribution >= 4 is 29.9 Å². The maximum absolute atomic E-state index is 13.8. The lowest BCUT2D eigenvalue weighted by atomic mass is 9.84. The number of carbonyl (C=O) groups is 3. The molecule has 1 heterocycles. The van der Waals surface area contributed by atoms with E-state index in [0.717, 1.165) is 19.0 Å². The van der Waals surface area contributed by atoms with Crippen LogP contribution in [0.3, 0.4) is 0 Å². The summed E-state index contributed by atoms with van der Waals surface area (Å²) in [5.41, 5.74) is -1.68. The summed E-state index contributed by atoms with van der Waals surface area (Å²) in [6.45, 7) is 4.53. The molecule has 2 amide bonds. The molecule has 14 heteroatoms. The third kappa shape index (κ3) is 8.93. The average molecular weight is 600 g/mol. The second-order valence-corrected chi connectivity index (χ2v) is 11.7. The van der Waals surface area contributed by atoms with Crippen LogP contribution in [0.25, 0.3) is 0 Å². The summed E-state index contributed by atoms with van der Waals surface area (Å²) in [5.74, 6) is -1.73. The van der Waals surface area contributed by atoms with Gasteiger partial charge in [0.15, 0.2) is 0 Å². The fourth-order valence-corrected chi connectivity index (χ4v) is 5.69. The maximum Gasteiger partial charge on any atom is 0.573 e. The van der Waals surface area contributed by atoms with Crippen molar-refractivity contribution in [2.45, 2.75) is 75.7 Å². The maximum atomic E-state index is 13.8. The molecule has 0 saturated heterocycles. The molecule has 1 fully saturated rings. The van der Waals surface area contributed by atoms with Gasteiger partial charge in [0.25, 0.3) is 17.0 Å². The van der Waals surface area contributed by atoms with Crippen LogP contribution in [0, 0.1) is 5.92 Å². The zero-order valence-corrected chi connectivity index (χ0v) is 24.4. The van der Waals surface area contributed by atoms with E-state index in [0.29, 0.717) is 37.8 Å². The van der Waals surface area contributed by atoms with Gasteiger partial charge in [-0.15, -0.1) is 23.4 Å². The van der Waals surface area contributed by atoms with Crippen LogP contribution in [-0.2, 0) is 4.79 Å². The van der Waals surface area contributed by atoms with Crippen molar-refractivity contribution in [2.75, 3.05) is 26.4 Å². The summed E-state index contributed by atoms with van der Waals surface area (Å²) >= 11 is 1.30. The summed E-state index contributed by atoms with van der Waals surface area (Å²) in [4.78, 5) is 43.2. The number of halogens is 3. The van der Waals surface area contributed by atoms with Gasteiger partial charge >= 0.3 is 6.36 Å². The van der Waals surface area contributed by atoms with E-state index in [1.165, 1.54) is 34.9 Å². The Balaban J connectivity index is 1.94. The van der Waals surface area contributed by atoms with E-state index in [1.54, 1.807) is 0 Å². The molecular weight excluding hydrogens is 563 g/mol. The van der Waals surface area contributed by atoms with Crippen molar-refractivity contribution in [3.63, 3.8) is 0 Å². The van der Waals surface area contributed by atoms with Crippen LogP contribution in [0.5, 0.6) is 5.75 Å². The molecule has 41 heavy (non-hydrogen) atoms. The second kappa shape index (κ2) is 14.2. The quantitative estimate of drug-likeness (QED) is 0.142. The number of para-hydroxylation sites is 1. The molecule has 1 N–H and O–H groups in total. The molecule has 1 saturated carbocycles. The van der Waals surface area contributed by atoms with Gasteiger partial charge < -0.3 is 24.3 Å². The van der Waals surface area contributed by atoms with E-state index in [9.17, 15) is 27.6 Å². The number of thioether (sulfide) groups is 1. The molecule has 0 spiro atoms. The Kier molecular flexibility index (Phi) is 11.2. The number of carbonyl (C=O) groups excluding carboxylic acids is 3. The largest absolute Gasteiger partial charge is 0.573 e. The number of hydrogen-bond donors (Lipinski definition) is 1. The van der Waals surface area contributed by atoms with Crippen molar-refractivity contribution in [1.82, 2.24) is 25.3 Å². The summed E-state index contributed by atoms with van der Waals surface area (Å²) < 4.78 is 48.8. The summed E-state index contributed by atoms with van der Waals surface area (Å²) in [7, 11) is 3.85. The van der Waals surface area contributed by atoms with Gasteiger partial charge in [-0.25, -0.2) is 0 Å². The van der Waals surface area contributed by atoms with Gasteiger partial charge in [0, 0.05) is 12.3 Å². The van der Waals surface area contributed by atoms with Crippen LogP contribution < -0.4 is 10.1 Å². The first-order valence-electron chi connectivity index (χ1n) is 13.4. The third-order valence-corrected chi connectivity index (χ3v) is 7.51. The van der Waals surface area contributed by atoms with E-state index in [2.05, 4.69) is 20.3 Å². The lowest BCUT2D eigenvalue weighted by Crippen LogP contribution is -2.65. The Morgan fingerprint density at radius 3 is 2.46 bits per heavy atom. The van der Waals surface area contributed by atoms with Crippen LogP contribution in [0.2, 0.25) is 0 Å². The molecule has 0 radical (unpaired) electrons. The Morgan fingerprint density at radius 2 is 1.85 bits per heavy atom. The van der Waals surface area contributed by atoms with Crippen molar-refractivity contribution in [1.29, 1.82) is 0 Å². The number of ketones is 1. The van der Waals surface area contributed by atoms with E-state index in [1.807, 2.05) is 32.8 Å². The number of aromatic nitrogens is 2. The number of ether oxygens (including phenoxy) is 1. The molecule has 1 aromatic heterocycles. The zero-order valence-electron chi connectivity index (χ0n) is 23.6. The van der Waals surface area contributed by atoms with Gasteiger partial charge in [-0.1, -0.05) is 44.2 Å². The first-order valence-corrected chi connectivity index (χ1v) is 14.4. The average Bonchev–Trinajstić information content (AvgIpc) is 3.36. The number of Topliss-reactive ketones (excluding diaryl/α,β-unsaturated/α-hetero) is 1. The van der Waals surface area contributed by atoms with Gasteiger partial charge in [-0.2, -0.15) is 0 Å². The predicted molar refractivity (Wildman–Crippen MR) is 145 cm³/mol. The number of benzene rings is 1. The number of nitrogens with zero attached hydrogens (tertiary/aromatic N) is 4. The molecule has 1 aliphatic rings. The Morgan fingerprint density at radius 1 is 1.17 bits per heavy atom. The van der Waals surface area contributed by atoms with Crippen molar-refractivity contribution in [2.24, 2.45) is 5.92 Å². The highest BCUT2D eigenvalue weighted by Crippen LogP contribution is 2.36. The first-order chi connectivity index (χ1) is 19.3. The van der Waals surface area contributed by atoms with Crippen molar-refractivity contribution in [3.8, 4) is 5.75 Å². The molecule has 226 valence electrons. The second-order valence-electron chi connectivity index (χ2n) is 10.6. The van der Waals surface area contributed by atoms with Crippen LogP contribution in [-0.4, -0.2) is 82.6 Å². The van der Waals surface area contributed by atoms with Gasteiger partial charge in [-0.3, -0.25) is 14.4 Å². The van der Waals surface area contributed by atoms with Crippen molar-refractivity contribution < 1.29 is 36.7 Å². The highest BCUT2D eigenvalue weighted by atomic mass is 32.2. The van der Waals surface area contributed by atoms with Crippen molar-refractivity contribution in [3.05, 3.63) is 35.7 Å². The Bertz CT molecular complexity index is 1180. The third-order valence-electron chi connectivity index (χ3n) is 6.71. The van der Waals surface area contributed by atoms with E-state index in [4.69, 9.17) is 4.42 Å². The number of alkyl halides is 3. The Hall–Kier alpha value is -3.13. The molecular formula is C27H36F3N5O5S. The number of rotatable bonds is 14. The molecule has 1 unspecified atom stereocenters. The molecule has 1 aromatic carbocycles. The molecule has 3 rings (SSSR count). The van der Waals surface area contributed by atoms with Crippen LogP contribution in [0.1, 0.15) is 73.4 Å². The molecule has 2 aromatic rings. The minimum atomic E-state index is -5.00. The SMILES string of the molecule is CC(C)CC(C(=O)c1nnc(SCCN(C)C)o1)N(C=O)C1(NC(=O)c2ccccc2OC(F)(F)F)CCCCC1. The highest BCUT2D eigenvalue weighted by Gasteiger charge is 2.46. The van der Waals surface area contributed by atoms with Crippen LogP contribution >= 0.6 is 11.8 Å². The fraction of sp³-hybridized carbons (Fsp3) is 0.593. The van der Waals surface area contributed by atoms with E-state index < -0.39 is 35.5 Å². The standard InChI is InChI=1S/C27H36F3N5O5S/c1-18(2)16-20(22(37)24-32-33-25(39-24)41-15-14-34(3)4)35(17-36)26(12-8-5-9-13-26)31-23(38)19-10-6-7-11-21(19)40-27(28,29)30/h6-7,10-11,17-18,20H,5,8-9,12-16H2,1-4H3,(H,31,38). The number of amides is 2. The molecule has 0 bridgehead atoms. The van der Waals surface area contributed by atoms with Gasteiger partial charge in [0.2, 0.25) is 12.2 Å². The molecule has 10 nitrogen and oxygen atoms in total. The minimum absolute atomic E-state index is 0.0412. The summed E-state index contributed by atoms with van der Waals surface area (Å²) in [6.07, 6.45) is -1.57. The zero-order chi connectivity index (χ0) is 30.2. The fourth-order valence-electron chi connectivity index (χ4n) is 4.82. The number of hydrogen-bond acceptors (Lipinski definition) is 9. The molecule has 0 aliphatic heterocycles. The van der Waals surface area contributed by atoms with Gasteiger partial charge in [-0.05, 0) is 64.3 Å².